The number of hydrogen-bond acceptors (Lipinski definition) is 8. The fourth-order valence-electron chi connectivity index (χ4n) is 2.79. The third-order valence-electron chi connectivity index (χ3n) is 5.43. The van der Waals surface area contributed by atoms with E-state index in [0.717, 1.165) is 0 Å². The van der Waals surface area contributed by atoms with E-state index in [1.165, 1.54) is 55.6 Å². The standard InChI is InChI=1S/C25H32N2O8S/c1-5-25(2,3)24(30)26-18-10-12-19(13-11-18)36(31,32)27-22(28)20-8-6-7-9-21(20)23(29)35-17-16-34-15-14-33-4/h6-13H,5,14-17H2,1-4H3,(H,26,30)(H,27,28). The van der Waals surface area contributed by atoms with Crippen LogP contribution >= 0.6 is 0 Å². The van der Waals surface area contributed by atoms with E-state index in [4.69, 9.17) is 14.2 Å². The lowest BCUT2D eigenvalue weighted by atomic mass is 9.89. The highest BCUT2D eigenvalue weighted by Gasteiger charge is 2.26. The highest BCUT2D eigenvalue weighted by molar-refractivity contribution is 7.90. The Bertz CT molecular complexity index is 1160. The van der Waals surface area contributed by atoms with Gasteiger partial charge in [-0.1, -0.05) is 32.9 Å². The molecule has 2 aromatic rings. The second-order valence-electron chi connectivity index (χ2n) is 8.44. The van der Waals surface area contributed by atoms with E-state index in [-0.39, 0.29) is 35.1 Å². The number of carbonyl (C=O) groups is 3. The van der Waals surface area contributed by atoms with Crippen molar-refractivity contribution in [1.82, 2.24) is 4.72 Å². The lowest BCUT2D eigenvalue weighted by molar-refractivity contribution is -0.124. The summed E-state index contributed by atoms with van der Waals surface area (Å²) in [5.41, 5.74) is -0.397. The number of ether oxygens (including phenoxy) is 3. The van der Waals surface area contributed by atoms with Gasteiger partial charge in [0.25, 0.3) is 15.9 Å². The second-order valence-corrected chi connectivity index (χ2v) is 10.1. The Morgan fingerprint density at radius 1 is 0.889 bits per heavy atom. The Morgan fingerprint density at radius 2 is 1.50 bits per heavy atom. The average Bonchev–Trinajstić information content (AvgIpc) is 2.86. The molecule has 2 aromatic carbocycles. The molecule has 0 aliphatic heterocycles. The van der Waals surface area contributed by atoms with Crippen molar-refractivity contribution < 1.29 is 37.0 Å². The molecule has 196 valence electrons. The molecule has 0 atom stereocenters. The van der Waals surface area contributed by atoms with Crippen molar-refractivity contribution in [3.05, 3.63) is 59.7 Å². The van der Waals surface area contributed by atoms with Gasteiger partial charge in [0, 0.05) is 18.2 Å². The summed E-state index contributed by atoms with van der Waals surface area (Å²) in [5.74, 6) is -1.97. The van der Waals surface area contributed by atoms with Gasteiger partial charge in [0.1, 0.15) is 6.61 Å². The van der Waals surface area contributed by atoms with E-state index < -0.39 is 27.3 Å². The summed E-state index contributed by atoms with van der Waals surface area (Å²) < 4.78 is 42.7. The molecule has 0 heterocycles. The first-order valence-corrected chi connectivity index (χ1v) is 12.8. The van der Waals surface area contributed by atoms with Crippen LogP contribution in [0.25, 0.3) is 0 Å². The van der Waals surface area contributed by atoms with Crippen molar-refractivity contribution >= 4 is 33.5 Å². The minimum atomic E-state index is -4.25. The monoisotopic (exact) mass is 520 g/mol. The molecule has 10 nitrogen and oxygen atoms in total. The average molecular weight is 521 g/mol. The van der Waals surface area contributed by atoms with Gasteiger partial charge in [-0.15, -0.1) is 0 Å². The zero-order valence-electron chi connectivity index (χ0n) is 20.8. The predicted molar refractivity (Wildman–Crippen MR) is 133 cm³/mol. The first-order chi connectivity index (χ1) is 17.0. The number of rotatable bonds is 13. The van der Waals surface area contributed by atoms with Crippen molar-refractivity contribution in [2.75, 3.05) is 38.9 Å². The maximum Gasteiger partial charge on any atom is 0.339 e. The van der Waals surface area contributed by atoms with Gasteiger partial charge < -0.3 is 19.5 Å². The molecule has 36 heavy (non-hydrogen) atoms. The second kappa shape index (κ2) is 13.1. The summed E-state index contributed by atoms with van der Waals surface area (Å²) in [6.45, 7) is 6.35. The summed E-state index contributed by atoms with van der Waals surface area (Å²) in [4.78, 5) is 37.4. The molecule has 0 bridgehead atoms. The van der Waals surface area contributed by atoms with Gasteiger partial charge in [0.05, 0.1) is 35.8 Å². The maximum absolute atomic E-state index is 12.8. The molecule has 0 unspecified atom stereocenters. The number of sulfonamides is 1. The van der Waals surface area contributed by atoms with E-state index in [2.05, 4.69) is 5.32 Å². The minimum absolute atomic E-state index is 0.0465. The fourth-order valence-corrected chi connectivity index (χ4v) is 3.75. The molecule has 0 fully saturated rings. The Balaban J connectivity index is 2.07. The van der Waals surface area contributed by atoms with Gasteiger partial charge >= 0.3 is 5.97 Å². The van der Waals surface area contributed by atoms with Crippen LogP contribution in [0.15, 0.2) is 53.4 Å². The number of benzene rings is 2. The Hall–Kier alpha value is -3.28. The third kappa shape index (κ3) is 8.14. The molecule has 0 spiro atoms. The number of anilines is 1. The number of nitrogens with one attached hydrogen (secondary N) is 2. The summed E-state index contributed by atoms with van der Waals surface area (Å²) >= 11 is 0. The van der Waals surface area contributed by atoms with Crippen LogP contribution in [-0.4, -0.2) is 59.7 Å². The molecule has 0 saturated heterocycles. The van der Waals surface area contributed by atoms with Gasteiger partial charge in [-0.2, -0.15) is 0 Å². The first-order valence-electron chi connectivity index (χ1n) is 11.3. The molecular formula is C25H32N2O8S. The maximum atomic E-state index is 12.8. The molecule has 0 saturated carbocycles. The molecule has 0 aromatic heterocycles. The summed E-state index contributed by atoms with van der Waals surface area (Å²) in [7, 11) is -2.72. The van der Waals surface area contributed by atoms with Crippen molar-refractivity contribution in [3.8, 4) is 0 Å². The van der Waals surface area contributed by atoms with E-state index in [0.29, 0.717) is 25.3 Å². The number of hydrogen-bond donors (Lipinski definition) is 2. The quantitative estimate of drug-likeness (QED) is 0.304. The topological polar surface area (TPSA) is 137 Å². The lowest BCUT2D eigenvalue weighted by Crippen LogP contribution is -2.32. The highest BCUT2D eigenvalue weighted by atomic mass is 32.2. The largest absolute Gasteiger partial charge is 0.460 e. The number of carbonyl (C=O) groups excluding carboxylic acids is 3. The summed E-state index contributed by atoms with van der Waals surface area (Å²) in [5, 5.41) is 2.74. The van der Waals surface area contributed by atoms with Crippen LogP contribution in [0, 0.1) is 5.41 Å². The normalized spacial score (nSPS) is 11.6. The highest BCUT2D eigenvalue weighted by Crippen LogP contribution is 2.23. The zero-order chi connectivity index (χ0) is 26.8. The van der Waals surface area contributed by atoms with E-state index in [1.54, 1.807) is 13.8 Å². The Morgan fingerprint density at radius 3 is 2.11 bits per heavy atom. The molecule has 2 N–H and O–H groups in total. The SMILES string of the molecule is CCC(C)(C)C(=O)Nc1ccc(S(=O)(=O)NC(=O)c2ccccc2C(=O)OCCOCCOC)cc1. The number of methoxy groups -OCH3 is 1. The summed E-state index contributed by atoms with van der Waals surface area (Å²) in [6.07, 6.45) is 0.633. The van der Waals surface area contributed by atoms with Crippen LogP contribution in [0.4, 0.5) is 5.69 Å². The lowest BCUT2D eigenvalue weighted by Gasteiger charge is -2.21. The predicted octanol–water partition coefficient (Wildman–Crippen LogP) is 3.00. The Kier molecular flexibility index (Phi) is 10.6. The van der Waals surface area contributed by atoms with Crippen LogP contribution in [-0.2, 0) is 29.0 Å². The van der Waals surface area contributed by atoms with Crippen molar-refractivity contribution in [1.29, 1.82) is 0 Å². The Labute approximate surface area is 211 Å². The summed E-state index contributed by atoms with van der Waals surface area (Å²) in [6, 6.07) is 11.1. The van der Waals surface area contributed by atoms with Crippen molar-refractivity contribution in [3.63, 3.8) is 0 Å². The molecule has 0 aliphatic carbocycles. The molecule has 2 rings (SSSR count). The fraction of sp³-hybridized carbons (Fsp3) is 0.400. The van der Waals surface area contributed by atoms with Crippen LogP contribution in [0.5, 0.6) is 0 Å². The minimum Gasteiger partial charge on any atom is -0.460 e. The third-order valence-corrected chi connectivity index (χ3v) is 6.78. The van der Waals surface area contributed by atoms with Gasteiger partial charge in [-0.3, -0.25) is 9.59 Å². The van der Waals surface area contributed by atoms with Crippen LogP contribution in [0.1, 0.15) is 47.9 Å². The van der Waals surface area contributed by atoms with Gasteiger partial charge in [-0.05, 0) is 42.8 Å². The number of esters is 1. The number of amides is 2. The van der Waals surface area contributed by atoms with E-state index in [9.17, 15) is 22.8 Å². The molecule has 2 amide bonds. The molecular weight excluding hydrogens is 488 g/mol. The van der Waals surface area contributed by atoms with Crippen molar-refractivity contribution in [2.45, 2.75) is 32.1 Å². The van der Waals surface area contributed by atoms with Crippen LogP contribution in [0.3, 0.4) is 0 Å². The van der Waals surface area contributed by atoms with Crippen molar-refractivity contribution in [2.24, 2.45) is 5.41 Å². The molecule has 0 aliphatic rings. The van der Waals surface area contributed by atoms with Crippen LogP contribution < -0.4 is 10.0 Å². The van der Waals surface area contributed by atoms with Gasteiger partial charge in [0.15, 0.2) is 0 Å². The first kappa shape index (κ1) is 29.0. The van der Waals surface area contributed by atoms with E-state index in [1.807, 2.05) is 11.6 Å². The van der Waals surface area contributed by atoms with Crippen LogP contribution in [0.2, 0.25) is 0 Å². The molecule has 11 heteroatoms. The molecule has 0 radical (unpaired) electrons. The van der Waals surface area contributed by atoms with Gasteiger partial charge in [-0.25, -0.2) is 17.9 Å². The zero-order valence-corrected chi connectivity index (χ0v) is 21.6. The smallest absolute Gasteiger partial charge is 0.339 e. The van der Waals surface area contributed by atoms with E-state index >= 15 is 0 Å². The van der Waals surface area contributed by atoms with Gasteiger partial charge in [0.2, 0.25) is 5.91 Å².